The molecule has 0 saturated carbocycles. The average molecular weight is 263 g/mol. The van der Waals surface area contributed by atoms with E-state index in [2.05, 4.69) is 48.6 Å². The van der Waals surface area contributed by atoms with Crippen LogP contribution < -0.4 is 5.32 Å². The summed E-state index contributed by atoms with van der Waals surface area (Å²) in [5, 5.41) is 3.36. The lowest BCUT2D eigenvalue weighted by molar-refractivity contribution is 0.531. The van der Waals surface area contributed by atoms with E-state index in [4.69, 9.17) is 4.42 Å². The molecule has 0 atom stereocenters. The molecule has 100 valence electrons. The summed E-state index contributed by atoms with van der Waals surface area (Å²) in [6.45, 7) is 2.78. The molecular formula is C18H17NO. The van der Waals surface area contributed by atoms with Crippen LogP contribution in [0.25, 0.3) is 11.3 Å². The van der Waals surface area contributed by atoms with E-state index in [0.29, 0.717) is 6.54 Å². The van der Waals surface area contributed by atoms with Gasteiger partial charge < -0.3 is 9.73 Å². The molecule has 3 aromatic rings. The van der Waals surface area contributed by atoms with Crippen molar-refractivity contribution in [2.24, 2.45) is 0 Å². The predicted octanol–water partition coefficient (Wildman–Crippen LogP) is 4.87. The molecule has 1 aromatic heterocycles. The zero-order valence-electron chi connectivity index (χ0n) is 11.5. The molecule has 0 saturated heterocycles. The third-order valence-electron chi connectivity index (χ3n) is 3.24. The second kappa shape index (κ2) is 5.66. The molecule has 0 fully saturated rings. The topological polar surface area (TPSA) is 25.2 Å². The van der Waals surface area contributed by atoms with Gasteiger partial charge in [-0.05, 0) is 31.2 Å². The molecule has 2 aromatic carbocycles. The van der Waals surface area contributed by atoms with Crippen LogP contribution in [0.15, 0.2) is 71.1 Å². The van der Waals surface area contributed by atoms with E-state index in [1.54, 1.807) is 0 Å². The molecule has 1 N–H and O–H groups in total. The van der Waals surface area contributed by atoms with E-state index >= 15 is 0 Å². The number of anilines is 1. The number of furan rings is 1. The van der Waals surface area contributed by atoms with Gasteiger partial charge in [0.25, 0.3) is 0 Å². The Morgan fingerprint density at radius 1 is 0.850 bits per heavy atom. The Morgan fingerprint density at radius 2 is 1.60 bits per heavy atom. The number of aryl methyl sites for hydroxylation is 1. The van der Waals surface area contributed by atoms with Crippen molar-refractivity contribution < 1.29 is 4.42 Å². The van der Waals surface area contributed by atoms with Crippen LogP contribution in [-0.4, -0.2) is 0 Å². The highest BCUT2D eigenvalue weighted by Gasteiger charge is 2.04. The van der Waals surface area contributed by atoms with Crippen LogP contribution in [0.3, 0.4) is 0 Å². The van der Waals surface area contributed by atoms with E-state index in [0.717, 1.165) is 22.8 Å². The third kappa shape index (κ3) is 2.91. The van der Waals surface area contributed by atoms with E-state index in [1.165, 1.54) is 5.56 Å². The molecule has 0 aliphatic heterocycles. The fourth-order valence-electron chi connectivity index (χ4n) is 2.09. The van der Waals surface area contributed by atoms with E-state index in [1.807, 2.05) is 30.3 Å². The Balaban J connectivity index is 1.67. The summed E-state index contributed by atoms with van der Waals surface area (Å²) in [7, 11) is 0. The number of rotatable bonds is 4. The SMILES string of the molecule is Cc1ccc(NCc2ccc(-c3ccccc3)o2)cc1. The van der Waals surface area contributed by atoms with Gasteiger partial charge in [0.15, 0.2) is 0 Å². The van der Waals surface area contributed by atoms with E-state index in [9.17, 15) is 0 Å². The quantitative estimate of drug-likeness (QED) is 0.726. The number of nitrogens with one attached hydrogen (secondary N) is 1. The average Bonchev–Trinajstić information content (AvgIpc) is 2.97. The molecule has 20 heavy (non-hydrogen) atoms. The summed E-state index contributed by atoms with van der Waals surface area (Å²) in [4.78, 5) is 0. The van der Waals surface area contributed by atoms with Crippen molar-refractivity contribution >= 4 is 5.69 Å². The summed E-state index contributed by atoms with van der Waals surface area (Å²) in [5.74, 6) is 1.84. The number of hydrogen-bond acceptors (Lipinski definition) is 2. The molecule has 3 rings (SSSR count). The molecule has 0 aliphatic rings. The van der Waals surface area contributed by atoms with Crippen molar-refractivity contribution in [3.8, 4) is 11.3 Å². The van der Waals surface area contributed by atoms with Gasteiger partial charge in [-0.3, -0.25) is 0 Å². The van der Waals surface area contributed by atoms with Crippen LogP contribution in [0.5, 0.6) is 0 Å². The number of hydrogen-bond donors (Lipinski definition) is 1. The smallest absolute Gasteiger partial charge is 0.134 e. The van der Waals surface area contributed by atoms with Crippen LogP contribution in [0.2, 0.25) is 0 Å². The van der Waals surface area contributed by atoms with Crippen molar-refractivity contribution in [1.29, 1.82) is 0 Å². The minimum Gasteiger partial charge on any atom is -0.459 e. The maximum absolute atomic E-state index is 5.85. The lowest BCUT2D eigenvalue weighted by Gasteiger charge is -2.04. The Hall–Kier alpha value is -2.48. The Morgan fingerprint density at radius 3 is 2.35 bits per heavy atom. The van der Waals surface area contributed by atoms with Gasteiger partial charge in [-0.1, -0.05) is 48.0 Å². The summed E-state index contributed by atoms with van der Waals surface area (Å²) in [5.41, 5.74) is 3.47. The molecule has 2 nitrogen and oxygen atoms in total. The largest absolute Gasteiger partial charge is 0.459 e. The van der Waals surface area contributed by atoms with Crippen LogP contribution in [0.4, 0.5) is 5.69 Å². The van der Waals surface area contributed by atoms with Crippen LogP contribution in [0, 0.1) is 6.92 Å². The van der Waals surface area contributed by atoms with Gasteiger partial charge in [0.1, 0.15) is 11.5 Å². The third-order valence-corrected chi connectivity index (χ3v) is 3.24. The first-order chi connectivity index (χ1) is 9.81. The lowest BCUT2D eigenvalue weighted by atomic mass is 10.2. The summed E-state index contributed by atoms with van der Waals surface area (Å²) < 4.78 is 5.85. The van der Waals surface area contributed by atoms with Gasteiger partial charge >= 0.3 is 0 Å². The van der Waals surface area contributed by atoms with Gasteiger partial charge in [0.05, 0.1) is 6.54 Å². The maximum atomic E-state index is 5.85. The molecule has 1 heterocycles. The van der Waals surface area contributed by atoms with Crippen LogP contribution in [0.1, 0.15) is 11.3 Å². The maximum Gasteiger partial charge on any atom is 0.134 e. The summed E-state index contributed by atoms with van der Waals surface area (Å²) >= 11 is 0. The first-order valence-electron chi connectivity index (χ1n) is 6.76. The second-order valence-electron chi connectivity index (χ2n) is 4.85. The Labute approximate surface area is 119 Å². The monoisotopic (exact) mass is 263 g/mol. The normalized spacial score (nSPS) is 10.4. The minimum atomic E-state index is 0.690. The Kier molecular flexibility index (Phi) is 3.55. The fourth-order valence-corrected chi connectivity index (χ4v) is 2.09. The van der Waals surface area contributed by atoms with Crippen molar-refractivity contribution in [3.05, 3.63) is 78.1 Å². The highest BCUT2D eigenvalue weighted by atomic mass is 16.3. The highest BCUT2D eigenvalue weighted by Crippen LogP contribution is 2.22. The first-order valence-corrected chi connectivity index (χ1v) is 6.76. The second-order valence-corrected chi connectivity index (χ2v) is 4.85. The molecule has 0 spiro atoms. The first kappa shape index (κ1) is 12.5. The molecular weight excluding hydrogens is 246 g/mol. The Bertz CT molecular complexity index is 668. The zero-order valence-corrected chi connectivity index (χ0v) is 11.5. The van der Waals surface area contributed by atoms with Crippen LogP contribution >= 0.6 is 0 Å². The predicted molar refractivity (Wildman–Crippen MR) is 82.6 cm³/mol. The minimum absolute atomic E-state index is 0.690. The van der Waals surface area contributed by atoms with Crippen molar-refractivity contribution in [2.75, 3.05) is 5.32 Å². The molecule has 0 aliphatic carbocycles. The van der Waals surface area contributed by atoms with E-state index < -0.39 is 0 Å². The summed E-state index contributed by atoms with van der Waals surface area (Å²) in [6, 6.07) is 22.5. The van der Waals surface area contributed by atoms with Gasteiger partial charge in [0.2, 0.25) is 0 Å². The molecule has 2 heteroatoms. The van der Waals surface area contributed by atoms with Crippen molar-refractivity contribution in [3.63, 3.8) is 0 Å². The molecule has 0 amide bonds. The fraction of sp³-hybridized carbons (Fsp3) is 0.111. The lowest BCUT2D eigenvalue weighted by Crippen LogP contribution is -1.97. The van der Waals surface area contributed by atoms with Crippen LogP contribution in [-0.2, 0) is 6.54 Å². The standard InChI is InChI=1S/C18H17NO/c1-14-7-9-16(10-8-14)19-13-17-11-12-18(20-17)15-5-3-2-4-6-15/h2-12,19H,13H2,1H3. The molecule has 0 radical (unpaired) electrons. The van der Waals surface area contributed by atoms with Crippen molar-refractivity contribution in [1.82, 2.24) is 0 Å². The van der Waals surface area contributed by atoms with E-state index in [-0.39, 0.29) is 0 Å². The molecule has 0 unspecified atom stereocenters. The van der Waals surface area contributed by atoms with Crippen molar-refractivity contribution in [2.45, 2.75) is 13.5 Å². The number of benzene rings is 2. The van der Waals surface area contributed by atoms with Gasteiger partial charge in [0, 0.05) is 11.3 Å². The van der Waals surface area contributed by atoms with Gasteiger partial charge in [-0.2, -0.15) is 0 Å². The highest BCUT2D eigenvalue weighted by molar-refractivity contribution is 5.57. The summed E-state index contributed by atoms with van der Waals surface area (Å²) in [6.07, 6.45) is 0. The van der Waals surface area contributed by atoms with Gasteiger partial charge in [-0.25, -0.2) is 0 Å². The molecule has 0 bridgehead atoms. The van der Waals surface area contributed by atoms with Gasteiger partial charge in [-0.15, -0.1) is 0 Å². The zero-order chi connectivity index (χ0) is 13.8.